The van der Waals surface area contributed by atoms with Gasteiger partial charge in [-0.2, -0.15) is 0 Å². The minimum atomic E-state index is -0.987. The van der Waals surface area contributed by atoms with Crippen molar-refractivity contribution in [2.45, 2.75) is 104 Å². The Morgan fingerprint density at radius 2 is 1.78 bits per heavy atom. The molecule has 3 aliphatic rings. The molecule has 10 heteroatoms. The molecule has 50 heavy (non-hydrogen) atoms. The highest BCUT2D eigenvalue weighted by molar-refractivity contribution is 5.82. The Kier molecular flexibility index (Phi) is 9.98. The van der Waals surface area contributed by atoms with Crippen LogP contribution in [-0.4, -0.2) is 59.5 Å². The predicted molar refractivity (Wildman–Crippen MR) is 191 cm³/mol. The predicted octanol–water partition coefficient (Wildman–Crippen LogP) is 8.92. The van der Waals surface area contributed by atoms with Gasteiger partial charge < -0.3 is 23.8 Å². The maximum atomic E-state index is 15.6. The zero-order valence-electron chi connectivity index (χ0n) is 30.5. The van der Waals surface area contributed by atoms with Gasteiger partial charge in [0.1, 0.15) is 17.2 Å². The molecule has 2 atom stereocenters. The molecule has 1 fully saturated rings. The van der Waals surface area contributed by atoms with Crippen molar-refractivity contribution in [3.8, 4) is 28.1 Å². The second-order valence-electron chi connectivity index (χ2n) is 15.0. The number of hydrogen-bond acceptors (Lipinski definition) is 7. The van der Waals surface area contributed by atoms with E-state index in [1.54, 1.807) is 6.07 Å². The van der Waals surface area contributed by atoms with Crippen LogP contribution in [-0.2, 0) is 19.0 Å². The number of halogens is 2. The van der Waals surface area contributed by atoms with Gasteiger partial charge in [-0.25, -0.2) is 18.6 Å². The summed E-state index contributed by atoms with van der Waals surface area (Å²) in [5.74, 6) is -1.27. The standard InChI is InChI=1S/C40H49F2N3O5/c1-24-12-9-10-21-48-40(7)17-19-44(20-18-40)37-32(35(38(46)47-8)50-39(4,5)6)25(2)26(3)36-43-30(23-45(36)37)27-13-11-14-28(22-27)33-31(49-24)16-15-29(41)34(33)42/h11,13-16,22-24,35H,9-10,12,17-21H2,1-8H3. The number of esters is 1. The Morgan fingerprint density at radius 3 is 2.48 bits per heavy atom. The quantitative estimate of drug-likeness (QED) is 0.199. The van der Waals surface area contributed by atoms with Crippen molar-refractivity contribution in [3.63, 3.8) is 0 Å². The molecule has 0 spiro atoms. The first-order valence-electron chi connectivity index (χ1n) is 17.6. The number of carbonyl (C=O) groups is 1. The number of hydrogen-bond donors (Lipinski definition) is 0. The number of benzene rings is 2. The van der Waals surface area contributed by atoms with E-state index in [-0.39, 0.29) is 23.0 Å². The number of carbonyl (C=O) groups excluding carboxylic acids is 1. The lowest BCUT2D eigenvalue weighted by Crippen LogP contribution is -2.45. The van der Waals surface area contributed by atoms with Crippen LogP contribution in [0.5, 0.6) is 5.75 Å². The molecular formula is C40H49F2N3O5. The Balaban J connectivity index is 1.59. The molecular weight excluding hydrogens is 640 g/mol. The van der Waals surface area contributed by atoms with E-state index in [4.69, 9.17) is 23.9 Å². The molecule has 2 aromatic heterocycles. The summed E-state index contributed by atoms with van der Waals surface area (Å²) in [7, 11) is 1.38. The highest BCUT2D eigenvalue weighted by Gasteiger charge is 2.38. The van der Waals surface area contributed by atoms with Gasteiger partial charge in [-0.05, 0) is 115 Å². The van der Waals surface area contributed by atoms with Crippen LogP contribution in [0.25, 0.3) is 28.0 Å². The zero-order chi connectivity index (χ0) is 36.0. The molecule has 5 heterocycles. The number of anilines is 1. The van der Waals surface area contributed by atoms with Crippen LogP contribution < -0.4 is 9.64 Å². The lowest BCUT2D eigenvalue weighted by molar-refractivity contribution is -0.164. The SMILES string of the molecule is COC(=O)C(OC(C)(C)C)c1c(C)c(C)c2nc3cn2c1N1CCC(C)(CC1)OCCCCC(C)Oc1ccc(F)c(F)c1-c1cccc-3c1. The first kappa shape index (κ1) is 35.8. The minimum absolute atomic E-state index is 0.0757. The van der Waals surface area contributed by atoms with Crippen LogP contribution in [0.2, 0.25) is 0 Å². The maximum Gasteiger partial charge on any atom is 0.339 e. The summed E-state index contributed by atoms with van der Waals surface area (Å²) in [5, 5.41) is 0. The molecule has 2 unspecified atom stereocenters. The Bertz CT molecular complexity index is 1890. The topological polar surface area (TPSA) is 74.5 Å². The van der Waals surface area contributed by atoms with Crippen molar-refractivity contribution in [2.75, 3.05) is 31.7 Å². The van der Waals surface area contributed by atoms with Crippen LogP contribution in [0, 0.1) is 25.5 Å². The monoisotopic (exact) mass is 689 g/mol. The van der Waals surface area contributed by atoms with E-state index in [0.717, 1.165) is 71.9 Å². The van der Waals surface area contributed by atoms with Crippen LogP contribution in [0.4, 0.5) is 14.6 Å². The van der Waals surface area contributed by atoms with Gasteiger partial charge in [0.25, 0.3) is 0 Å². The van der Waals surface area contributed by atoms with Crippen LogP contribution >= 0.6 is 0 Å². The molecule has 0 radical (unpaired) electrons. The highest BCUT2D eigenvalue weighted by atomic mass is 19.2. The van der Waals surface area contributed by atoms with Crippen molar-refractivity contribution in [3.05, 3.63) is 70.9 Å². The molecule has 0 N–H and O–H groups in total. The molecule has 268 valence electrons. The van der Waals surface area contributed by atoms with Gasteiger partial charge in [0.15, 0.2) is 17.7 Å². The third-order valence-electron chi connectivity index (χ3n) is 10.0. The number of aryl methyl sites for hydroxylation is 1. The van der Waals surface area contributed by atoms with Crippen molar-refractivity contribution < 1.29 is 32.5 Å². The fraction of sp³-hybridized carbons (Fsp3) is 0.500. The summed E-state index contributed by atoms with van der Waals surface area (Å²) >= 11 is 0. The fourth-order valence-electron chi connectivity index (χ4n) is 7.13. The number of rotatable bonds is 3. The molecule has 3 aliphatic heterocycles. The molecule has 2 aromatic carbocycles. The Labute approximate surface area is 293 Å². The normalized spacial score (nSPS) is 20.8. The van der Waals surface area contributed by atoms with Crippen molar-refractivity contribution in [1.29, 1.82) is 0 Å². The smallest absolute Gasteiger partial charge is 0.339 e. The lowest BCUT2D eigenvalue weighted by Gasteiger charge is -2.42. The number of piperidine rings is 1. The average molecular weight is 690 g/mol. The number of fused-ring (bicyclic) bond motifs is 8. The number of methoxy groups -OCH3 is 1. The summed E-state index contributed by atoms with van der Waals surface area (Å²) in [6, 6.07) is 9.91. The van der Waals surface area contributed by atoms with Crippen LogP contribution in [0.3, 0.4) is 0 Å². The van der Waals surface area contributed by atoms with E-state index < -0.39 is 29.3 Å². The average Bonchev–Trinajstić information content (AvgIpc) is 3.52. The minimum Gasteiger partial charge on any atom is -0.490 e. The second-order valence-corrected chi connectivity index (χ2v) is 15.0. The van der Waals surface area contributed by atoms with E-state index in [0.29, 0.717) is 31.0 Å². The van der Waals surface area contributed by atoms with Gasteiger partial charge in [0.05, 0.1) is 35.7 Å². The van der Waals surface area contributed by atoms with Crippen molar-refractivity contribution in [1.82, 2.24) is 9.38 Å². The number of nitrogens with zero attached hydrogens (tertiary/aromatic N) is 3. The Hall–Kier alpha value is -4.02. The summed E-state index contributed by atoms with van der Waals surface area (Å²) in [6.45, 7) is 15.9. The van der Waals surface area contributed by atoms with Crippen molar-refractivity contribution >= 4 is 17.4 Å². The van der Waals surface area contributed by atoms with Gasteiger partial charge in [0, 0.05) is 37.0 Å². The third kappa shape index (κ3) is 7.10. The number of ether oxygens (including phenoxy) is 4. The molecule has 8 nitrogen and oxygen atoms in total. The first-order valence-corrected chi connectivity index (χ1v) is 17.6. The number of pyridine rings is 1. The molecule has 0 aliphatic carbocycles. The van der Waals surface area contributed by atoms with E-state index in [1.165, 1.54) is 13.2 Å². The molecule has 1 saturated heterocycles. The molecule has 0 amide bonds. The molecule has 7 rings (SSSR count). The lowest BCUT2D eigenvalue weighted by atomic mass is 9.92. The van der Waals surface area contributed by atoms with E-state index in [2.05, 4.69) is 11.8 Å². The van der Waals surface area contributed by atoms with E-state index in [9.17, 15) is 9.18 Å². The largest absolute Gasteiger partial charge is 0.490 e. The molecule has 0 saturated carbocycles. The summed E-state index contributed by atoms with van der Waals surface area (Å²) in [6.07, 6.45) is 4.81. The highest BCUT2D eigenvalue weighted by Crippen LogP contribution is 2.42. The first-order chi connectivity index (χ1) is 23.7. The van der Waals surface area contributed by atoms with E-state index >= 15 is 4.39 Å². The van der Waals surface area contributed by atoms with Gasteiger partial charge in [-0.3, -0.25) is 4.40 Å². The van der Waals surface area contributed by atoms with Gasteiger partial charge in [0.2, 0.25) is 0 Å². The van der Waals surface area contributed by atoms with Gasteiger partial charge in [-0.15, -0.1) is 0 Å². The third-order valence-corrected chi connectivity index (χ3v) is 10.0. The number of imidazole rings is 1. The molecule has 4 aromatic rings. The second kappa shape index (κ2) is 13.9. The summed E-state index contributed by atoms with van der Waals surface area (Å²) < 4.78 is 56.9. The number of aromatic nitrogens is 2. The summed E-state index contributed by atoms with van der Waals surface area (Å²) in [4.78, 5) is 20.9. The molecule has 6 bridgehead atoms. The van der Waals surface area contributed by atoms with Crippen LogP contribution in [0.15, 0.2) is 42.6 Å². The zero-order valence-corrected chi connectivity index (χ0v) is 30.5. The van der Waals surface area contributed by atoms with E-state index in [1.807, 2.05) is 70.3 Å². The van der Waals surface area contributed by atoms with Crippen LogP contribution in [0.1, 0.15) is 89.5 Å². The van der Waals surface area contributed by atoms with Gasteiger partial charge >= 0.3 is 5.97 Å². The summed E-state index contributed by atoms with van der Waals surface area (Å²) in [5.41, 5.74) is 4.22. The van der Waals surface area contributed by atoms with Gasteiger partial charge in [-0.1, -0.05) is 18.2 Å². The van der Waals surface area contributed by atoms with Crippen molar-refractivity contribution in [2.24, 2.45) is 0 Å². The Morgan fingerprint density at radius 1 is 1.06 bits per heavy atom. The maximum absolute atomic E-state index is 15.6. The fourth-order valence-corrected chi connectivity index (χ4v) is 7.13.